The molecule has 0 aromatic rings. The van der Waals surface area contributed by atoms with Crippen molar-refractivity contribution in [3.63, 3.8) is 0 Å². The Labute approximate surface area is 126 Å². The zero-order valence-corrected chi connectivity index (χ0v) is 14.4. The number of nitrogens with one attached hydrogen (secondary N) is 1. The van der Waals surface area contributed by atoms with Gasteiger partial charge in [0.2, 0.25) is 0 Å². The van der Waals surface area contributed by atoms with Gasteiger partial charge in [0.05, 0.1) is 0 Å². The molecule has 1 aliphatic carbocycles. The number of rotatable bonds is 7. The molecule has 1 saturated carbocycles. The number of piperidine rings is 1. The third kappa shape index (κ3) is 4.46. The van der Waals surface area contributed by atoms with E-state index >= 15 is 0 Å². The molecular formula is C18H36N2. The van der Waals surface area contributed by atoms with E-state index in [1.165, 1.54) is 51.7 Å². The highest BCUT2D eigenvalue weighted by molar-refractivity contribution is 4.90. The highest BCUT2D eigenvalue weighted by Gasteiger charge is 2.35. The SMILES string of the molecule is CCCC(C)(CNC1CC1)CN1CC(C)CC(C)C1C. The molecule has 2 rings (SSSR count). The van der Waals surface area contributed by atoms with Gasteiger partial charge in [0.25, 0.3) is 0 Å². The second-order valence-electron chi connectivity index (χ2n) is 8.20. The van der Waals surface area contributed by atoms with E-state index in [0.29, 0.717) is 5.41 Å². The van der Waals surface area contributed by atoms with Crippen molar-refractivity contribution in [3.05, 3.63) is 0 Å². The van der Waals surface area contributed by atoms with Gasteiger partial charge in [0.1, 0.15) is 0 Å². The Kier molecular flexibility index (Phi) is 5.53. The Hall–Kier alpha value is -0.0800. The van der Waals surface area contributed by atoms with Crippen molar-refractivity contribution in [2.24, 2.45) is 17.3 Å². The maximum atomic E-state index is 3.78. The molecule has 2 fully saturated rings. The normalized spacial score (nSPS) is 35.0. The van der Waals surface area contributed by atoms with Crippen LogP contribution in [-0.4, -0.2) is 36.6 Å². The van der Waals surface area contributed by atoms with Crippen LogP contribution in [0.1, 0.15) is 66.7 Å². The minimum absolute atomic E-state index is 0.447. The lowest BCUT2D eigenvalue weighted by atomic mass is 9.80. The fourth-order valence-corrected chi connectivity index (χ4v) is 4.04. The molecule has 0 amide bonds. The van der Waals surface area contributed by atoms with Crippen molar-refractivity contribution in [2.75, 3.05) is 19.6 Å². The minimum atomic E-state index is 0.447. The summed E-state index contributed by atoms with van der Waals surface area (Å²) in [5.41, 5.74) is 0.447. The number of hydrogen-bond donors (Lipinski definition) is 1. The highest BCUT2D eigenvalue weighted by Crippen LogP contribution is 2.32. The quantitative estimate of drug-likeness (QED) is 0.760. The maximum Gasteiger partial charge on any atom is 0.00930 e. The molecule has 1 N–H and O–H groups in total. The molecule has 118 valence electrons. The van der Waals surface area contributed by atoms with Crippen molar-refractivity contribution in [3.8, 4) is 0 Å². The summed E-state index contributed by atoms with van der Waals surface area (Å²) in [5.74, 6) is 1.71. The summed E-state index contributed by atoms with van der Waals surface area (Å²) in [6.45, 7) is 15.9. The van der Waals surface area contributed by atoms with Crippen LogP contribution in [0.25, 0.3) is 0 Å². The first-order valence-electron chi connectivity index (χ1n) is 8.91. The van der Waals surface area contributed by atoms with Crippen molar-refractivity contribution in [1.29, 1.82) is 0 Å². The predicted molar refractivity (Wildman–Crippen MR) is 88.0 cm³/mol. The van der Waals surface area contributed by atoms with Crippen molar-refractivity contribution in [2.45, 2.75) is 78.8 Å². The van der Waals surface area contributed by atoms with Gasteiger partial charge in [-0.25, -0.2) is 0 Å². The lowest BCUT2D eigenvalue weighted by Crippen LogP contribution is -2.51. The molecule has 0 spiro atoms. The summed E-state index contributed by atoms with van der Waals surface area (Å²) in [6.07, 6.45) is 6.85. The van der Waals surface area contributed by atoms with E-state index in [0.717, 1.165) is 23.9 Å². The van der Waals surface area contributed by atoms with Gasteiger partial charge in [-0.2, -0.15) is 0 Å². The molecule has 1 saturated heterocycles. The summed E-state index contributed by atoms with van der Waals surface area (Å²) in [6, 6.07) is 1.59. The van der Waals surface area contributed by atoms with E-state index < -0.39 is 0 Å². The third-order valence-electron chi connectivity index (χ3n) is 5.55. The van der Waals surface area contributed by atoms with Crippen LogP contribution in [0.15, 0.2) is 0 Å². The Balaban J connectivity index is 1.93. The molecule has 1 aliphatic heterocycles. The first-order valence-corrected chi connectivity index (χ1v) is 8.91. The van der Waals surface area contributed by atoms with Crippen LogP contribution in [0.3, 0.4) is 0 Å². The third-order valence-corrected chi connectivity index (χ3v) is 5.55. The van der Waals surface area contributed by atoms with Crippen LogP contribution in [0.2, 0.25) is 0 Å². The Bertz CT molecular complexity index is 300. The summed E-state index contributed by atoms with van der Waals surface area (Å²) >= 11 is 0. The Morgan fingerprint density at radius 2 is 1.90 bits per heavy atom. The zero-order valence-electron chi connectivity index (χ0n) is 14.4. The van der Waals surface area contributed by atoms with E-state index in [9.17, 15) is 0 Å². The van der Waals surface area contributed by atoms with Crippen LogP contribution in [0, 0.1) is 17.3 Å². The molecule has 4 unspecified atom stereocenters. The van der Waals surface area contributed by atoms with Crippen LogP contribution in [0.4, 0.5) is 0 Å². The molecule has 2 aliphatic rings. The van der Waals surface area contributed by atoms with Gasteiger partial charge in [0.15, 0.2) is 0 Å². The summed E-state index contributed by atoms with van der Waals surface area (Å²) in [4.78, 5) is 2.78. The zero-order chi connectivity index (χ0) is 14.8. The molecule has 2 heteroatoms. The van der Waals surface area contributed by atoms with Crippen molar-refractivity contribution in [1.82, 2.24) is 10.2 Å². The summed E-state index contributed by atoms with van der Waals surface area (Å²) < 4.78 is 0. The van der Waals surface area contributed by atoms with Crippen LogP contribution in [-0.2, 0) is 0 Å². The van der Waals surface area contributed by atoms with Crippen LogP contribution < -0.4 is 5.32 Å². The maximum absolute atomic E-state index is 3.78. The molecular weight excluding hydrogens is 244 g/mol. The molecule has 1 heterocycles. The standard InChI is InChI=1S/C18H36N2/c1-6-9-18(5,12-19-17-7-8-17)13-20-11-14(2)10-15(3)16(20)4/h14-17,19H,6-13H2,1-5H3. The average Bonchev–Trinajstić information content (AvgIpc) is 3.17. The fourth-order valence-electron chi connectivity index (χ4n) is 4.04. The largest absolute Gasteiger partial charge is 0.313 e. The number of likely N-dealkylation sites (tertiary alicyclic amines) is 1. The monoisotopic (exact) mass is 280 g/mol. The highest BCUT2D eigenvalue weighted by atomic mass is 15.2. The van der Waals surface area contributed by atoms with Gasteiger partial charge in [-0.15, -0.1) is 0 Å². The van der Waals surface area contributed by atoms with Gasteiger partial charge in [0, 0.05) is 31.7 Å². The predicted octanol–water partition coefficient (Wildman–Crippen LogP) is 3.91. The lowest BCUT2D eigenvalue weighted by Gasteiger charge is -2.45. The van der Waals surface area contributed by atoms with E-state index in [4.69, 9.17) is 0 Å². The minimum Gasteiger partial charge on any atom is -0.313 e. The van der Waals surface area contributed by atoms with E-state index in [1.54, 1.807) is 0 Å². The van der Waals surface area contributed by atoms with Crippen LogP contribution >= 0.6 is 0 Å². The first-order chi connectivity index (χ1) is 9.43. The van der Waals surface area contributed by atoms with Crippen LogP contribution in [0.5, 0.6) is 0 Å². The Morgan fingerprint density at radius 1 is 1.20 bits per heavy atom. The van der Waals surface area contributed by atoms with Gasteiger partial charge < -0.3 is 5.32 Å². The molecule has 20 heavy (non-hydrogen) atoms. The van der Waals surface area contributed by atoms with Gasteiger partial charge in [-0.05, 0) is 49.9 Å². The van der Waals surface area contributed by atoms with E-state index in [-0.39, 0.29) is 0 Å². The second kappa shape index (κ2) is 6.79. The van der Waals surface area contributed by atoms with E-state index in [2.05, 4.69) is 44.8 Å². The summed E-state index contributed by atoms with van der Waals surface area (Å²) in [7, 11) is 0. The van der Waals surface area contributed by atoms with Crippen molar-refractivity contribution < 1.29 is 0 Å². The van der Waals surface area contributed by atoms with Gasteiger partial charge >= 0.3 is 0 Å². The number of nitrogens with zero attached hydrogens (tertiary/aromatic N) is 1. The lowest BCUT2D eigenvalue weighted by molar-refractivity contribution is 0.0377. The van der Waals surface area contributed by atoms with Crippen molar-refractivity contribution >= 4 is 0 Å². The molecule has 0 aromatic heterocycles. The smallest absolute Gasteiger partial charge is 0.00930 e. The molecule has 0 bridgehead atoms. The van der Waals surface area contributed by atoms with E-state index in [1.807, 2.05) is 0 Å². The van der Waals surface area contributed by atoms with Gasteiger partial charge in [-0.3, -0.25) is 4.90 Å². The molecule has 2 nitrogen and oxygen atoms in total. The molecule has 4 atom stereocenters. The second-order valence-corrected chi connectivity index (χ2v) is 8.20. The van der Waals surface area contributed by atoms with Gasteiger partial charge in [-0.1, -0.05) is 34.1 Å². The Morgan fingerprint density at radius 3 is 2.50 bits per heavy atom. The summed E-state index contributed by atoms with van der Waals surface area (Å²) in [5, 5.41) is 3.78. The average molecular weight is 280 g/mol. The fraction of sp³-hybridized carbons (Fsp3) is 1.00. The number of hydrogen-bond acceptors (Lipinski definition) is 2. The molecule has 0 radical (unpaired) electrons. The first kappa shape index (κ1) is 16.3. The molecule has 0 aromatic carbocycles. The topological polar surface area (TPSA) is 15.3 Å².